The highest BCUT2D eigenvalue weighted by atomic mass is 16.3. The van der Waals surface area contributed by atoms with Crippen molar-refractivity contribution < 1.29 is 9.90 Å². The third kappa shape index (κ3) is 3.83. The maximum Gasteiger partial charge on any atom is 0.256 e. The van der Waals surface area contributed by atoms with Crippen LogP contribution in [0.1, 0.15) is 23.7 Å². The number of likely N-dealkylation sites (N-methyl/N-ethyl adjacent to an activating group) is 1. The number of aliphatic hydroxyl groups is 1. The van der Waals surface area contributed by atoms with Crippen LogP contribution in [-0.2, 0) is 11.3 Å². The Morgan fingerprint density at radius 3 is 2.46 bits per heavy atom. The van der Waals surface area contributed by atoms with Crippen LogP contribution >= 0.6 is 0 Å². The summed E-state index contributed by atoms with van der Waals surface area (Å²) in [7, 11) is 2.10. The van der Waals surface area contributed by atoms with Gasteiger partial charge in [0, 0.05) is 25.7 Å². The predicted octanol–water partition coefficient (Wildman–Crippen LogP) is 2.45. The average molecular weight is 324 g/mol. The van der Waals surface area contributed by atoms with Gasteiger partial charge in [0.2, 0.25) is 0 Å². The number of nitrogens with zero attached hydrogens (tertiary/aromatic N) is 2. The molecule has 126 valence electrons. The zero-order valence-corrected chi connectivity index (χ0v) is 14.0. The third-order valence-corrected chi connectivity index (χ3v) is 4.72. The van der Waals surface area contributed by atoms with E-state index in [0.717, 1.165) is 13.0 Å². The van der Waals surface area contributed by atoms with E-state index in [2.05, 4.69) is 24.1 Å². The normalized spacial score (nSPS) is 18.8. The van der Waals surface area contributed by atoms with Crippen LogP contribution in [0.15, 0.2) is 60.7 Å². The predicted molar refractivity (Wildman–Crippen MR) is 94.3 cm³/mol. The van der Waals surface area contributed by atoms with E-state index in [0.29, 0.717) is 24.7 Å². The molecule has 1 heterocycles. The van der Waals surface area contributed by atoms with E-state index in [1.807, 2.05) is 36.4 Å². The molecule has 0 aromatic heterocycles. The minimum absolute atomic E-state index is 0.197. The lowest BCUT2D eigenvalue weighted by Gasteiger charge is -2.25. The second-order valence-electron chi connectivity index (χ2n) is 6.44. The number of likely N-dealkylation sites (tertiary alicyclic amines) is 1. The van der Waals surface area contributed by atoms with Crippen molar-refractivity contribution in [2.75, 3.05) is 20.1 Å². The molecule has 0 bridgehead atoms. The van der Waals surface area contributed by atoms with Crippen molar-refractivity contribution in [1.29, 1.82) is 0 Å². The van der Waals surface area contributed by atoms with Crippen molar-refractivity contribution in [3.05, 3.63) is 71.8 Å². The van der Waals surface area contributed by atoms with Crippen LogP contribution in [0.25, 0.3) is 0 Å². The fourth-order valence-electron chi connectivity index (χ4n) is 3.25. The minimum Gasteiger partial charge on any atom is -0.378 e. The maximum absolute atomic E-state index is 12.5. The molecule has 24 heavy (non-hydrogen) atoms. The van der Waals surface area contributed by atoms with Gasteiger partial charge in [0.1, 0.15) is 0 Å². The summed E-state index contributed by atoms with van der Waals surface area (Å²) in [5.74, 6) is -0.197. The smallest absolute Gasteiger partial charge is 0.256 e. The molecule has 1 aliphatic heterocycles. The molecule has 0 spiro atoms. The number of carbonyl (C=O) groups excluding carboxylic acids is 1. The zero-order valence-electron chi connectivity index (χ0n) is 14.0. The van der Waals surface area contributed by atoms with Crippen molar-refractivity contribution in [2.24, 2.45) is 0 Å². The summed E-state index contributed by atoms with van der Waals surface area (Å²) >= 11 is 0. The van der Waals surface area contributed by atoms with Crippen molar-refractivity contribution in [2.45, 2.75) is 25.1 Å². The number of aliphatic hydroxyl groups excluding tert-OH is 1. The number of benzene rings is 2. The summed E-state index contributed by atoms with van der Waals surface area (Å²) in [6.45, 7) is 2.24. The minimum atomic E-state index is -1.07. The highest BCUT2D eigenvalue weighted by molar-refractivity contribution is 5.82. The van der Waals surface area contributed by atoms with Gasteiger partial charge in [-0.05, 0) is 24.6 Å². The van der Waals surface area contributed by atoms with Gasteiger partial charge in [-0.1, -0.05) is 60.7 Å². The molecular weight excluding hydrogens is 300 g/mol. The van der Waals surface area contributed by atoms with Crippen LogP contribution in [0.5, 0.6) is 0 Å². The largest absolute Gasteiger partial charge is 0.378 e. The molecule has 0 radical (unpaired) electrons. The Hall–Kier alpha value is -2.17. The summed E-state index contributed by atoms with van der Waals surface area (Å²) in [6.07, 6.45) is -0.124. The molecule has 1 saturated heterocycles. The van der Waals surface area contributed by atoms with Crippen molar-refractivity contribution in [1.82, 2.24) is 9.80 Å². The number of amides is 1. The lowest BCUT2D eigenvalue weighted by molar-refractivity contribution is -0.139. The second kappa shape index (κ2) is 7.60. The van der Waals surface area contributed by atoms with Crippen LogP contribution in [-0.4, -0.2) is 47.0 Å². The summed E-state index contributed by atoms with van der Waals surface area (Å²) in [6, 6.07) is 19.8. The monoisotopic (exact) mass is 324 g/mol. The van der Waals surface area contributed by atoms with Gasteiger partial charge >= 0.3 is 0 Å². The first-order valence-electron chi connectivity index (χ1n) is 8.41. The maximum atomic E-state index is 12.5. The molecule has 0 aliphatic carbocycles. The lowest BCUT2D eigenvalue weighted by atomic mass is 10.1. The van der Waals surface area contributed by atoms with E-state index in [-0.39, 0.29) is 5.91 Å². The topological polar surface area (TPSA) is 43.8 Å². The number of carbonyl (C=O) groups is 1. The first-order chi connectivity index (χ1) is 11.6. The first kappa shape index (κ1) is 16.7. The van der Waals surface area contributed by atoms with Gasteiger partial charge in [-0.3, -0.25) is 9.69 Å². The lowest BCUT2D eigenvalue weighted by Crippen LogP contribution is -2.38. The van der Waals surface area contributed by atoms with Crippen LogP contribution in [0.3, 0.4) is 0 Å². The molecular formula is C20H24N2O2. The number of hydrogen-bond acceptors (Lipinski definition) is 3. The van der Waals surface area contributed by atoms with Crippen LogP contribution < -0.4 is 0 Å². The van der Waals surface area contributed by atoms with E-state index < -0.39 is 6.10 Å². The molecule has 1 fully saturated rings. The molecule has 2 unspecified atom stereocenters. The van der Waals surface area contributed by atoms with Gasteiger partial charge < -0.3 is 10.0 Å². The van der Waals surface area contributed by atoms with Crippen molar-refractivity contribution in [3.63, 3.8) is 0 Å². The summed E-state index contributed by atoms with van der Waals surface area (Å²) in [4.78, 5) is 16.6. The summed E-state index contributed by atoms with van der Waals surface area (Å²) < 4.78 is 0. The standard InChI is InChI=1S/C20H24N2O2/c1-21(14-16-8-4-2-5-9-16)18-12-13-22(15-18)20(24)19(23)17-10-6-3-7-11-17/h2-11,18-19,23H,12-15H2,1H3. The quantitative estimate of drug-likeness (QED) is 0.919. The van der Waals surface area contributed by atoms with Gasteiger partial charge in [0.05, 0.1) is 0 Å². The third-order valence-electron chi connectivity index (χ3n) is 4.72. The highest BCUT2D eigenvalue weighted by Gasteiger charge is 2.32. The van der Waals surface area contributed by atoms with E-state index >= 15 is 0 Å². The summed E-state index contributed by atoms with van der Waals surface area (Å²) in [5, 5.41) is 10.3. The van der Waals surface area contributed by atoms with Crippen molar-refractivity contribution >= 4 is 5.91 Å². The van der Waals surface area contributed by atoms with Crippen LogP contribution in [0, 0.1) is 0 Å². The fourth-order valence-corrected chi connectivity index (χ4v) is 3.25. The Morgan fingerprint density at radius 1 is 1.17 bits per heavy atom. The van der Waals surface area contributed by atoms with Crippen molar-refractivity contribution in [3.8, 4) is 0 Å². The van der Waals surface area contributed by atoms with E-state index in [1.165, 1.54) is 5.56 Å². The first-order valence-corrected chi connectivity index (χ1v) is 8.41. The Balaban J connectivity index is 1.57. The van der Waals surface area contributed by atoms with Gasteiger partial charge in [-0.2, -0.15) is 0 Å². The number of rotatable bonds is 5. The molecule has 1 aliphatic rings. The summed E-state index contributed by atoms with van der Waals surface area (Å²) in [5.41, 5.74) is 1.93. The average Bonchev–Trinajstić information content (AvgIpc) is 3.12. The molecule has 1 amide bonds. The van der Waals surface area contributed by atoms with Crippen LogP contribution in [0.4, 0.5) is 0 Å². The van der Waals surface area contributed by atoms with E-state index in [1.54, 1.807) is 17.0 Å². The van der Waals surface area contributed by atoms with Crippen LogP contribution in [0.2, 0.25) is 0 Å². The van der Waals surface area contributed by atoms with Gasteiger partial charge in [-0.25, -0.2) is 0 Å². The zero-order chi connectivity index (χ0) is 16.9. The molecule has 4 heteroatoms. The van der Waals surface area contributed by atoms with Gasteiger partial charge in [-0.15, -0.1) is 0 Å². The molecule has 1 N–H and O–H groups in total. The Kier molecular flexibility index (Phi) is 5.28. The molecule has 2 aromatic carbocycles. The van der Waals surface area contributed by atoms with Gasteiger partial charge in [0.25, 0.3) is 5.91 Å². The van der Waals surface area contributed by atoms with E-state index in [4.69, 9.17) is 0 Å². The molecule has 4 nitrogen and oxygen atoms in total. The Bertz CT molecular complexity index is 660. The number of hydrogen-bond donors (Lipinski definition) is 1. The molecule has 2 atom stereocenters. The molecule has 0 saturated carbocycles. The molecule has 2 aromatic rings. The second-order valence-corrected chi connectivity index (χ2v) is 6.44. The highest BCUT2D eigenvalue weighted by Crippen LogP contribution is 2.22. The Morgan fingerprint density at radius 2 is 1.79 bits per heavy atom. The van der Waals surface area contributed by atoms with E-state index in [9.17, 15) is 9.90 Å². The Labute approximate surface area is 143 Å². The fraction of sp³-hybridized carbons (Fsp3) is 0.350. The van der Waals surface area contributed by atoms with Gasteiger partial charge in [0.15, 0.2) is 6.10 Å². The SMILES string of the molecule is CN(Cc1ccccc1)C1CCN(C(=O)C(O)c2ccccc2)C1. The molecule has 3 rings (SSSR count).